The number of hydrogen-bond donors (Lipinski definition) is 1. The summed E-state index contributed by atoms with van der Waals surface area (Å²) in [7, 11) is 0. The molecule has 0 saturated carbocycles. The highest BCUT2D eigenvalue weighted by Gasteiger charge is 1.98. The fourth-order valence-electron chi connectivity index (χ4n) is 1.16. The van der Waals surface area contributed by atoms with Gasteiger partial charge in [-0.3, -0.25) is 0 Å². The molecule has 0 radical (unpaired) electrons. The lowest BCUT2D eigenvalue weighted by molar-refractivity contribution is 0.242. The van der Waals surface area contributed by atoms with Crippen LogP contribution in [-0.4, -0.2) is 11.1 Å². The van der Waals surface area contributed by atoms with Crippen molar-refractivity contribution >= 4 is 17.2 Å². The Morgan fingerprint density at radius 1 is 1.36 bits per heavy atom. The van der Waals surface area contributed by atoms with E-state index in [1.54, 1.807) is 0 Å². The number of thiocarbonyl (C=S) groups is 1. The van der Waals surface area contributed by atoms with Crippen LogP contribution in [0.3, 0.4) is 0 Å². The van der Waals surface area contributed by atoms with Gasteiger partial charge in [0.1, 0.15) is 5.75 Å². The molecule has 1 aromatic rings. The van der Waals surface area contributed by atoms with Gasteiger partial charge in [0.25, 0.3) is 0 Å². The molecule has 1 rings (SSSR count). The van der Waals surface area contributed by atoms with E-state index in [0.717, 1.165) is 11.3 Å². The summed E-state index contributed by atoms with van der Waals surface area (Å²) in [6, 6.07) is 7.84. The Labute approximate surface area is 90.1 Å². The summed E-state index contributed by atoms with van der Waals surface area (Å²) in [5.41, 5.74) is 6.56. The van der Waals surface area contributed by atoms with Crippen molar-refractivity contribution in [3.63, 3.8) is 0 Å². The van der Waals surface area contributed by atoms with Crippen molar-refractivity contribution in [1.29, 1.82) is 0 Å². The maximum Gasteiger partial charge on any atom is 0.119 e. The van der Waals surface area contributed by atoms with Crippen molar-refractivity contribution in [3.05, 3.63) is 29.8 Å². The molecule has 0 heterocycles. The lowest BCUT2D eigenvalue weighted by Crippen LogP contribution is -2.11. The molecule has 0 aliphatic heterocycles. The number of nitrogens with two attached hydrogens (primary N) is 1. The van der Waals surface area contributed by atoms with Crippen LogP contribution in [0.5, 0.6) is 5.75 Å². The smallest absolute Gasteiger partial charge is 0.119 e. The number of hydrogen-bond acceptors (Lipinski definition) is 2. The van der Waals surface area contributed by atoms with E-state index in [9.17, 15) is 0 Å². The molecule has 0 saturated heterocycles. The van der Waals surface area contributed by atoms with Crippen molar-refractivity contribution in [2.24, 2.45) is 5.73 Å². The van der Waals surface area contributed by atoms with Gasteiger partial charge in [0, 0.05) is 6.42 Å². The van der Waals surface area contributed by atoms with Gasteiger partial charge >= 0.3 is 0 Å². The van der Waals surface area contributed by atoms with Crippen LogP contribution < -0.4 is 10.5 Å². The summed E-state index contributed by atoms with van der Waals surface area (Å²) < 4.78 is 5.51. The summed E-state index contributed by atoms with van der Waals surface area (Å²) in [5, 5.41) is 0. The predicted molar refractivity (Wildman–Crippen MR) is 62.7 cm³/mol. The fraction of sp³-hybridized carbons (Fsp3) is 0.364. The molecule has 0 fully saturated rings. The van der Waals surface area contributed by atoms with Gasteiger partial charge in [-0.05, 0) is 31.5 Å². The molecule has 0 atom stereocenters. The number of rotatable bonds is 4. The first kappa shape index (κ1) is 11.0. The maximum atomic E-state index is 5.51. The van der Waals surface area contributed by atoms with E-state index in [1.807, 2.05) is 38.1 Å². The summed E-state index contributed by atoms with van der Waals surface area (Å²) >= 11 is 4.83. The van der Waals surface area contributed by atoms with Gasteiger partial charge in [0.15, 0.2) is 0 Å². The maximum absolute atomic E-state index is 5.51. The molecule has 0 unspecified atom stereocenters. The summed E-state index contributed by atoms with van der Waals surface area (Å²) in [6.45, 7) is 4.01. The molecule has 0 aromatic heterocycles. The SMILES string of the molecule is CC(C)Oc1ccc(CC(N)=S)cc1. The molecule has 76 valence electrons. The van der Waals surface area contributed by atoms with Gasteiger partial charge in [0.05, 0.1) is 11.1 Å². The molecule has 0 spiro atoms. The second kappa shape index (κ2) is 4.96. The molecule has 2 nitrogen and oxygen atoms in total. The third kappa shape index (κ3) is 3.75. The average molecular weight is 209 g/mol. The Hall–Kier alpha value is -1.09. The first-order valence-corrected chi connectivity index (χ1v) is 5.02. The van der Waals surface area contributed by atoms with Gasteiger partial charge in [-0.1, -0.05) is 24.4 Å². The molecule has 0 bridgehead atoms. The van der Waals surface area contributed by atoms with Gasteiger partial charge < -0.3 is 10.5 Å². The van der Waals surface area contributed by atoms with Gasteiger partial charge in [0.2, 0.25) is 0 Å². The number of ether oxygens (including phenoxy) is 1. The van der Waals surface area contributed by atoms with Crippen LogP contribution in [0.1, 0.15) is 19.4 Å². The van der Waals surface area contributed by atoms with Crippen LogP contribution in [0.4, 0.5) is 0 Å². The Bertz CT molecular complexity index is 306. The molecule has 0 amide bonds. The lowest BCUT2D eigenvalue weighted by Gasteiger charge is -2.09. The van der Waals surface area contributed by atoms with E-state index < -0.39 is 0 Å². The molecule has 1 aromatic carbocycles. The topological polar surface area (TPSA) is 35.2 Å². The molecule has 0 aliphatic rings. The van der Waals surface area contributed by atoms with Crippen LogP contribution in [0.2, 0.25) is 0 Å². The molecule has 3 heteroatoms. The first-order chi connectivity index (χ1) is 6.58. The minimum absolute atomic E-state index is 0.205. The molecule has 14 heavy (non-hydrogen) atoms. The highest BCUT2D eigenvalue weighted by Crippen LogP contribution is 2.13. The summed E-state index contributed by atoms with van der Waals surface area (Å²) in [6.07, 6.45) is 0.855. The summed E-state index contributed by atoms with van der Waals surface area (Å²) in [4.78, 5) is 0.516. The quantitative estimate of drug-likeness (QED) is 0.773. The lowest BCUT2D eigenvalue weighted by atomic mass is 10.1. The largest absolute Gasteiger partial charge is 0.491 e. The van der Waals surface area contributed by atoms with E-state index in [2.05, 4.69) is 0 Å². The zero-order chi connectivity index (χ0) is 10.6. The van der Waals surface area contributed by atoms with Crippen LogP contribution in [0, 0.1) is 0 Å². The number of benzene rings is 1. The Morgan fingerprint density at radius 2 is 1.93 bits per heavy atom. The van der Waals surface area contributed by atoms with Crippen molar-refractivity contribution in [2.75, 3.05) is 0 Å². The van der Waals surface area contributed by atoms with Gasteiger partial charge in [-0.25, -0.2) is 0 Å². The van der Waals surface area contributed by atoms with Crippen molar-refractivity contribution in [3.8, 4) is 5.75 Å². The Balaban J connectivity index is 2.63. The third-order valence-corrected chi connectivity index (χ3v) is 1.82. The van der Waals surface area contributed by atoms with Crippen molar-refractivity contribution in [1.82, 2.24) is 0 Å². The van der Waals surface area contributed by atoms with E-state index in [1.165, 1.54) is 0 Å². The van der Waals surface area contributed by atoms with E-state index in [-0.39, 0.29) is 6.10 Å². The zero-order valence-corrected chi connectivity index (χ0v) is 9.30. The van der Waals surface area contributed by atoms with Crippen LogP contribution in [-0.2, 0) is 6.42 Å². The van der Waals surface area contributed by atoms with Crippen LogP contribution in [0.15, 0.2) is 24.3 Å². The van der Waals surface area contributed by atoms with Gasteiger partial charge in [-0.2, -0.15) is 0 Å². The van der Waals surface area contributed by atoms with Crippen molar-refractivity contribution in [2.45, 2.75) is 26.4 Å². The molecular formula is C11H15NOS. The fourth-order valence-corrected chi connectivity index (χ4v) is 1.33. The van der Waals surface area contributed by atoms with Crippen LogP contribution in [0.25, 0.3) is 0 Å². The molecule has 2 N–H and O–H groups in total. The summed E-state index contributed by atoms with van der Waals surface area (Å²) in [5.74, 6) is 0.881. The molecular weight excluding hydrogens is 194 g/mol. The Morgan fingerprint density at radius 3 is 2.36 bits per heavy atom. The minimum atomic E-state index is 0.205. The van der Waals surface area contributed by atoms with Crippen molar-refractivity contribution < 1.29 is 4.74 Å². The van der Waals surface area contributed by atoms with E-state index >= 15 is 0 Å². The van der Waals surface area contributed by atoms with Gasteiger partial charge in [-0.15, -0.1) is 0 Å². The Kier molecular flexibility index (Phi) is 3.89. The second-order valence-corrected chi connectivity index (χ2v) is 3.98. The minimum Gasteiger partial charge on any atom is -0.491 e. The highest BCUT2D eigenvalue weighted by molar-refractivity contribution is 7.80. The first-order valence-electron chi connectivity index (χ1n) is 4.62. The highest BCUT2D eigenvalue weighted by atomic mass is 32.1. The standard InChI is InChI=1S/C11H15NOS/c1-8(2)13-10-5-3-9(4-6-10)7-11(12)14/h3-6,8H,7H2,1-2H3,(H2,12,14). The second-order valence-electron chi connectivity index (χ2n) is 3.45. The normalized spacial score (nSPS) is 10.2. The van der Waals surface area contributed by atoms with E-state index in [4.69, 9.17) is 22.7 Å². The monoisotopic (exact) mass is 209 g/mol. The zero-order valence-electron chi connectivity index (χ0n) is 8.49. The van der Waals surface area contributed by atoms with E-state index in [0.29, 0.717) is 11.4 Å². The van der Waals surface area contributed by atoms with Crippen LogP contribution >= 0.6 is 12.2 Å². The average Bonchev–Trinajstić information content (AvgIpc) is 2.06. The third-order valence-electron chi connectivity index (χ3n) is 1.67. The molecule has 0 aliphatic carbocycles. The predicted octanol–water partition coefficient (Wildman–Crippen LogP) is 2.30.